The molecular formula is C15H10ClNO3. The van der Waals surface area contributed by atoms with Gasteiger partial charge in [0.25, 0.3) is 0 Å². The zero-order valence-corrected chi connectivity index (χ0v) is 11.3. The number of aryl methyl sites for hydroxylation is 1. The molecule has 4 nitrogen and oxygen atoms in total. The van der Waals surface area contributed by atoms with Crippen molar-refractivity contribution in [3.63, 3.8) is 0 Å². The Bertz CT molecular complexity index is 720. The van der Waals surface area contributed by atoms with Gasteiger partial charge in [-0.2, -0.15) is 5.26 Å². The van der Waals surface area contributed by atoms with Crippen LogP contribution in [-0.2, 0) is 0 Å². The topological polar surface area (TPSA) is 70.3 Å². The second-order valence-electron chi connectivity index (χ2n) is 4.14. The highest BCUT2D eigenvalue weighted by Gasteiger charge is 2.10. The van der Waals surface area contributed by atoms with Crippen molar-refractivity contribution < 1.29 is 14.6 Å². The van der Waals surface area contributed by atoms with Crippen molar-refractivity contribution in [2.75, 3.05) is 0 Å². The Morgan fingerprint density at radius 3 is 2.65 bits per heavy atom. The predicted octanol–water partition coefficient (Wildman–Crippen LogP) is 4.01. The maximum Gasteiger partial charge on any atom is 0.335 e. The molecule has 20 heavy (non-hydrogen) atoms. The summed E-state index contributed by atoms with van der Waals surface area (Å²) in [5.74, 6) is -0.205. The minimum atomic E-state index is -0.991. The molecule has 2 aromatic rings. The van der Waals surface area contributed by atoms with E-state index in [4.69, 9.17) is 26.7 Å². The van der Waals surface area contributed by atoms with Gasteiger partial charge in [-0.1, -0.05) is 11.6 Å². The maximum absolute atomic E-state index is 10.9. The monoisotopic (exact) mass is 287 g/mol. The molecule has 0 radical (unpaired) electrons. The molecule has 0 aliphatic rings. The highest BCUT2D eigenvalue weighted by atomic mass is 35.5. The van der Waals surface area contributed by atoms with Gasteiger partial charge in [0.2, 0.25) is 0 Å². The fraction of sp³-hybridized carbons (Fsp3) is 0.0667. The second-order valence-corrected chi connectivity index (χ2v) is 4.57. The Morgan fingerprint density at radius 2 is 2.05 bits per heavy atom. The van der Waals surface area contributed by atoms with Gasteiger partial charge in [-0.3, -0.25) is 0 Å². The molecule has 100 valence electrons. The summed E-state index contributed by atoms with van der Waals surface area (Å²) in [4.78, 5) is 10.9. The van der Waals surface area contributed by atoms with Crippen LogP contribution in [-0.4, -0.2) is 11.1 Å². The van der Waals surface area contributed by atoms with Crippen LogP contribution in [0.25, 0.3) is 0 Å². The summed E-state index contributed by atoms with van der Waals surface area (Å²) in [7, 11) is 0. The molecule has 0 bridgehead atoms. The van der Waals surface area contributed by atoms with Gasteiger partial charge in [0, 0.05) is 11.1 Å². The van der Waals surface area contributed by atoms with E-state index in [1.54, 1.807) is 37.3 Å². The minimum absolute atomic E-state index is 0.212. The van der Waals surface area contributed by atoms with Gasteiger partial charge in [-0.05, 0) is 42.8 Å². The van der Waals surface area contributed by atoms with Crippen molar-refractivity contribution in [3.05, 3.63) is 58.1 Å². The number of nitrogens with zero attached hydrogens (tertiary/aromatic N) is 1. The number of hydrogen-bond acceptors (Lipinski definition) is 3. The third-order valence-electron chi connectivity index (χ3n) is 2.72. The van der Waals surface area contributed by atoms with Crippen molar-refractivity contribution in [2.24, 2.45) is 0 Å². The molecule has 0 saturated heterocycles. The van der Waals surface area contributed by atoms with E-state index in [0.29, 0.717) is 27.6 Å². The molecule has 0 saturated carbocycles. The van der Waals surface area contributed by atoms with Crippen LogP contribution in [0.15, 0.2) is 36.4 Å². The fourth-order valence-corrected chi connectivity index (χ4v) is 1.90. The normalized spacial score (nSPS) is 9.85. The van der Waals surface area contributed by atoms with Crippen molar-refractivity contribution >= 4 is 17.6 Å². The first-order valence-corrected chi connectivity index (χ1v) is 6.10. The third kappa shape index (κ3) is 2.90. The first-order chi connectivity index (χ1) is 9.51. The molecule has 0 aromatic heterocycles. The van der Waals surface area contributed by atoms with E-state index in [9.17, 15) is 4.79 Å². The molecule has 0 aliphatic carbocycles. The Kier molecular flexibility index (Phi) is 3.92. The van der Waals surface area contributed by atoms with E-state index < -0.39 is 5.97 Å². The van der Waals surface area contributed by atoms with Crippen molar-refractivity contribution in [1.29, 1.82) is 5.26 Å². The first kappa shape index (κ1) is 13.9. The van der Waals surface area contributed by atoms with Crippen LogP contribution in [0, 0.1) is 18.3 Å². The van der Waals surface area contributed by atoms with Gasteiger partial charge < -0.3 is 9.84 Å². The fourth-order valence-electron chi connectivity index (χ4n) is 1.74. The van der Waals surface area contributed by atoms with E-state index in [-0.39, 0.29) is 5.56 Å². The molecule has 0 heterocycles. The van der Waals surface area contributed by atoms with E-state index in [2.05, 4.69) is 0 Å². The van der Waals surface area contributed by atoms with Gasteiger partial charge in [0.05, 0.1) is 11.1 Å². The van der Waals surface area contributed by atoms with Crippen LogP contribution in [0.5, 0.6) is 11.5 Å². The van der Waals surface area contributed by atoms with Gasteiger partial charge >= 0.3 is 5.97 Å². The number of halogens is 1. The van der Waals surface area contributed by atoms with Crippen LogP contribution >= 0.6 is 11.6 Å². The lowest BCUT2D eigenvalue weighted by molar-refractivity contribution is 0.0696. The number of carboxylic acid groups (broad SMARTS) is 1. The van der Waals surface area contributed by atoms with Gasteiger partial charge in [0.1, 0.15) is 17.6 Å². The summed E-state index contributed by atoms with van der Waals surface area (Å²) in [6, 6.07) is 11.3. The minimum Gasteiger partial charge on any atom is -0.478 e. The number of carbonyl (C=O) groups is 1. The maximum atomic E-state index is 10.9. The smallest absolute Gasteiger partial charge is 0.335 e. The van der Waals surface area contributed by atoms with Crippen molar-refractivity contribution in [2.45, 2.75) is 6.92 Å². The molecular weight excluding hydrogens is 278 g/mol. The summed E-state index contributed by atoms with van der Waals surface area (Å²) in [5, 5.41) is 18.4. The largest absolute Gasteiger partial charge is 0.478 e. The Morgan fingerprint density at radius 1 is 1.30 bits per heavy atom. The summed E-state index contributed by atoms with van der Waals surface area (Å²) < 4.78 is 5.60. The Balaban J connectivity index is 2.36. The van der Waals surface area contributed by atoms with Crippen LogP contribution in [0.1, 0.15) is 21.5 Å². The summed E-state index contributed by atoms with van der Waals surface area (Å²) in [6.45, 7) is 1.68. The summed E-state index contributed by atoms with van der Waals surface area (Å²) >= 11 is 5.87. The highest BCUT2D eigenvalue weighted by Crippen LogP contribution is 2.29. The molecule has 0 aliphatic heterocycles. The van der Waals surface area contributed by atoms with Crippen LogP contribution < -0.4 is 4.74 Å². The quantitative estimate of drug-likeness (QED) is 0.926. The lowest BCUT2D eigenvalue weighted by Crippen LogP contribution is -1.99. The highest BCUT2D eigenvalue weighted by molar-refractivity contribution is 6.30. The SMILES string of the molecule is Cc1cc(Oc2cc(Cl)ccc2C#N)ccc1C(=O)O. The van der Waals surface area contributed by atoms with E-state index in [1.807, 2.05) is 6.07 Å². The predicted molar refractivity (Wildman–Crippen MR) is 74.4 cm³/mol. The number of ether oxygens (including phenoxy) is 1. The molecule has 0 atom stereocenters. The Hall–Kier alpha value is -2.51. The standard InChI is InChI=1S/C15H10ClNO3/c1-9-6-12(4-5-13(9)15(18)19)20-14-7-11(16)3-2-10(14)8-17/h2-7H,1H3,(H,18,19). The first-order valence-electron chi connectivity index (χ1n) is 5.72. The average Bonchev–Trinajstić information content (AvgIpc) is 2.38. The molecule has 2 rings (SSSR count). The number of aromatic carboxylic acids is 1. The van der Waals surface area contributed by atoms with Crippen molar-refractivity contribution in [1.82, 2.24) is 0 Å². The van der Waals surface area contributed by atoms with Gasteiger partial charge in [0.15, 0.2) is 0 Å². The number of benzene rings is 2. The lowest BCUT2D eigenvalue weighted by Gasteiger charge is -2.09. The Labute approximate surface area is 120 Å². The number of hydrogen-bond donors (Lipinski definition) is 1. The summed E-state index contributed by atoms with van der Waals surface area (Å²) in [6.07, 6.45) is 0. The van der Waals surface area contributed by atoms with Crippen LogP contribution in [0.2, 0.25) is 5.02 Å². The molecule has 0 spiro atoms. The van der Waals surface area contributed by atoms with Crippen LogP contribution in [0.4, 0.5) is 0 Å². The molecule has 2 aromatic carbocycles. The molecule has 5 heteroatoms. The second kappa shape index (κ2) is 5.64. The molecule has 0 unspecified atom stereocenters. The number of rotatable bonds is 3. The molecule has 1 N–H and O–H groups in total. The van der Waals surface area contributed by atoms with Gasteiger partial charge in [-0.15, -0.1) is 0 Å². The summed E-state index contributed by atoms with van der Waals surface area (Å²) in [5.41, 5.74) is 1.15. The lowest BCUT2D eigenvalue weighted by atomic mass is 10.1. The number of nitriles is 1. The van der Waals surface area contributed by atoms with Crippen LogP contribution in [0.3, 0.4) is 0 Å². The van der Waals surface area contributed by atoms with E-state index in [0.717, 1.165) is 0 Å². The van der Waals surface area contributed by atoms with Crippen molar-refractivity contribution in [3.8, 4) is 17.6 Å². The molecule has 0 fully saturated rings. The molecule has 0 amide bonds. The average molecular weight is 288 g/mol. The zero-order chi connectivity index (χ0) is 14.7. The van der Waals surface area contributed by atoms with Gasteiger partial charge in [-0.25, -0.2) is 4.79 Å². The number of carboxylic acids is 1. The van der Waals surface area contributed by atoms with E-state index >= 15 is 0 Å². The van der Waals surface area contributed by atoms with E-state index in [1.165, 1.54) is 6.07 Å². The zero-order valence-electron chi connectivity index (χ0n) is 10.6. The third-order valence-corrected chi connectivity index (χ3v) is 2.96.